The van der Waals surface area contributed by atoms with Crippen molar-refractivity contribution in [3.8, 4) is 0 Å². The summed E-state index contributed by atoms with van der Waals surface area (Å²) in [5, 5.41) is 0.430. The third-order valence-electron chi connectivity index (χ3n) is 3.03. The van der Waals surface area contributed by atoms with Crippen LogP contribution in [0.4, 0.5) is 0 Å². The number of carbonyl (C=O) groups excluding carboxylic acids is 1. The summed E-state index contributed by atoms with van der Waals surface area (Å²) in [6.07, 6.45) is 0. The van der Waals surface area contributed by atoms with Gasteiger partial charge < -0.3 is 4.74 Å². The van der Waals surface area contributed by atoms with Crippen LogP contribution in [0.15, 0.2) is 59.5 Å². The highest BCUT2D eigenvalue weighted by Crippen LogP contribution is 2.14. The maximum absolute atomic E-state index is 12.2. The molecule has 7 heteroatoms. The van der Waals surface area contributed by atoms with Gasteiger partial charge in [-0.1, -0.05) is 41.9 Å². The van der Waals surface area contributed by atoms with E-state index in [-0.39, 0.29) is 11.5 Å². The van der Waals surface area contributed by atoms with Crippen LogP contribution in [-0.4, -0.2) is 20.4 Å². The fourth-order valence-electron chi connectivity index (χ4n) is 1.82. The lowest BCUT2D eigenvalue weighted by atomic mass is 10.2. The van der Waals surface area contributed by atoms with Gasteiger partial charge >= 0.3 is 5.97 Å². The molecule has 0 aliphatic heterocycles. The molecule has 2 aromatic carbocycles. The average Bonchev–Trinajstić information content (AvgIpc) is 2.53. The summed E-state index contributed by atoms with van der Waals surface area (Å²) in [6.45, 7) is 1.52. The Hall–Kier alpha value is -1.89. The van der Waals surface area contributed by atoms with Crippen LogP contribution in [0.3, 0.4) is 0 Å². The van der Waals surface area contributed by atoms with Crippen LogP contribution >= 0.6 is 11.6 Å². The van der Waals surface area contributed by atoms with Gasteiger partial charge in [0.2, 0.25) is 10.0 Å². The number of hydrogen-bond donors (Lipinski definition) is 1. The van der Waals surface area contributed by atoms with Crippen molar-refractivity contribution in [3.63, 3.8) is 0 Å². The molecule has 2 rings (SSSR count). The predicted octanol–water partition coefficient (Wildman–Crippen LogP) is 2.75. The molecule has 0 aromatic heterocycles. The minimum atomic E-state index is -3.81. The van der Waals surface area contributed by atoms with Gasteiger partial charge in [0.1, 0.15) is 12.6 Å². The van der Waals surface area contributed by atoms with E-state index in [2.05, 4.69) is 4.72 Å². The first-order chi connectivity index (χ1) is 10.9. The number of sulfonamides is 1. The normalized spacial score (nSPS) is 12.6. The minimum absolute atomic E-state index is 0.0320. The summed E-state index contributed by atoms with van der Waals surface area (Å²) in [5.74, 6) is -0.647. The molecule has 5 nitrogen and oxygen atoms in total. The Morgan fingerprint density at radius 3 is 2.35 bits per heavy atom. The van der Waals surface area contributed by atoms with Crippen molar-refractivity contribution in [1.82, 2.24) is 4.72 Å². The topological polar surface area (TPSA) is 72.5 Å². The summed E-state index contributed by atoms with van der Waals surface area (Å²) in [5.41, 5.74) is 0.827. The van der Waals surface area contributed by atoms with Gasteiger partial charge in [0, 0.05) is 5.02 Å². The Morgan fingerprint density at radius 2 is 1.74 bits per heavy atom. The molecular weight excluding hydrogens is 338 g/mol. The highest BCUT2D eigenvalue weighted by Gasteiger charge is 2.23. The van der Waals surface area contributed by atoms with Crippen molar-refractivity contribution >= 4 is 27.6 Å². The van der Waals surface area contributed by atoms with Gasteiger partial charge in [0.15, 0.2) is 0 Å². The van der Waals surface area contributed by atoms with Gasteiger partial charge in [-0.3, -0.25) is 4.79 Å². The second-order valence-corrected chi connectivity index (χ2v) is 7.04. The van der Waals surface area contributed by atoms with Crippen LogP contribution in [0.1, 0.15) is 12.5 Å². The summed E-state index contributed by atoms with van der Waals surface area (Å²) in [4.78, 5) is 11.9. The van der Waals surface area contributed by atoms with E-state index >= 15 is 0 Å². The van der Waals surface area contributed by atoms with E-state index in [0.717, 1.165) is 5.56 Å². The van der Waals surface area contributed by atoms with Crippen molar-refractivity contribution in [2.24, 2.45) is 0 Å². The molecule has 0 aliphatic rings. The standard InChI is InChI=1S/C16H16ClNO4S/c1-12(16(19)22-11-13-5-3-2-4-6-13)18-23(20,21)15-9-7-14(17)8-10-15/h2-10,12,18H,11H2,1H3. The number of rotatable bonds is 6. The Labute approximate surface area is 140 Å². The lowest BCUT2D eigenvalue weighted by Gasteiger charge is -2.14. The van der Waals surface area contributed by atoms with Crippen LogP contribution in [0.25, 0.3) is 0 Å². The van der Waals surface area contributed by atoms with Crippen molar-refractivity contribution in [3.05, 3.63) is 65.2 Å². The molecule has 0 aliphatic carbocycles. The van der Waals surface area contributed by atoms with Crippen LogP contribution in [-0.2, 0) is 26.2 Å². The number of hydrogen-bond acceptors (Lipinski definition) is 4. The average molecular weight is 354 g/mol. The van der Waals surface area contributed by atoms with E-state index in [0.29, 0.717) is 5.02 Å². The van der Waals surface area contributed by atoms with Gasteiger partial charge in [0.25, 0.3) is 0 Å². The highest BCUT2D eigenvalue weighted by atomic mass is 35.5. The lowest BCUT2D eigenvalue weighted by molar-refractivity contribution is -0.146. The summed E-state index contributed by atoms with van der Waals surface area (Å²) < 4.78 is 31.7. The fraction of sp³-hybridized carbons (Fsp3) is 0.188. The zero-order valence-electron chi connectivity index (χ0n) is 12.4. The molecule has 0 saturated heterocycles. The van der Waals surface area contributed by atoms with Crippen LogP contribution in [0.2, 0.25) is 5.02 Å². The molecule has 0 fully saturated rings. The molecule has 122 valence electrons. The third-order valence-corrected chi connectivity index (χ3v) is 4.84. The first kappa shape index (κ1) is 17.5. The van der Waals surface area contributed by atoms with Crippen molar-refractivity contribution in [2.75, 3.05) is 0 Å². The van der Waals surface area contributed by atoms with Crippen LogP contribution < -0.4 is 4.72 Å². The molecule has 0 radical (unpaired) electrons. The maximum atomic E-state index is 12.2. The summed E-state index contributed by atoms with van der Waals surface area (Å²) >= 11 is 5.73. The van der Waals surface area contributed by atoms with E-state index < -0.39 is 22.0 Å². The molecule has 0 amide bonds. The monoisotopic (exact) mass is 353 g/mol. The smallest absolute Gasteiger partial charge is 0.324 e. The summed E-state index contributed by atoms with van der Waals surface area (Å²) in [6, 6.07) is 13.8. The predicted molar refractivity (Wildman–Crippen MR) is 87.5 cm³/mol. The lowest BCUT2D eigenvalue weighted by Crippen LogP contribution is -2.39. The Balaban J connectivity index is 1.96. The molecule has 0 saturated carbocycles. The van der Waals surface area contributed by atoms with Crippen molar-refractivity contribution in [2.45, 2.75) is 24.5 Å². The van der Waals surface area contributed by atoms with Gasteiger partial charge in [0.05, 0.1) is 4.90 Å². The van der Waals surface area contributed by atoms with E-state index in [1.54, 1.807) is 0 Å². The molecule has 0 spiro atoms. The first-order valence-electron chi connectivity index (χ1n) is 6.87. The Morgan fingerprint density at radius 1 is 1.13 bits per heavy atom. The number of esters is 1. The van der Waals surface area contributed by atoms with Gasteiger partial charge in [-0.25, -0.2) is 8.42 Å². The van der Waals surface area contributed by atoms with E-state index in [4.69, 9.17) is 16.3 Å². The molecule has 23 heavy (non-hydrogen) atoms. The second kappa shape index (κ2) is 7.59. The number of benzene rings is 2. The van der Waals surface area contributed by atoms with E-state index in [9.17, 15) is 13.2 Å². The second-order valence-electron chi connectivity index (χ2n) is 4.89. The first-order valence-corrected chi connectivity index (χ1v) is 8.73. The fourth-order valence-corrected chi connectivity index (χ4v) is 3.13. The molecular formula is C16H16ClNO4S. The van der Waals surface area contributed by atoms with Crippen molar-refractivity contribution in [1.29, 1.82) is 0 Å². The van der Waals surface area contributed by atoms with E-state index in [1.807, 2.05) is 30.3 Å². The molecule has 1 N–H and O–H groups in total. The highest BCUT2D eigenvalue weighted by molar-refractivity contribution is 7.89. The Kier molecular flexibility index (Phi) is 5.76. The zero-order valence-corrected chi connectivity index (χ0v) is 14.0. The van der Waals surface area contributed by atoms with Gasteiger partial charge in [-0.05, 0) is 36.8 Å². The van der Waals surface area contributed by atoms with Crippen LogP contribution in [0, 0.1) is 0 Å². The van der Waals surface area contributed by atoms with Gasteiger partial charge in [-0.15, -0.1) is 0 Å². The Bertz CT molecular complexity index is 760. The zero-order chi connectivity index (χ0) is 16.9. The molecule has 0 bridgehead atoms. The minimum Gasteiger partial charge on any atom is -0.460 e. The third kappa shape index (κ3) is 5.06. The number of ether oxygens (including phenoxy) is 1. The largest absolute Gasteiger partial charge is 0.460 e. The maximum Gasteiger partial charge on any atom is 0.324 e. The molecule has 1 atom stereocenters. The number of nitrogens with one attached hydrogen (secondary N) is 1. The SMILES string of the molecule is CC(NS(=O)(=O)c1ccc(Cl)cc1)C(=O)OCc1ccccc1. The summed E-state index contributed by atoms with van der Waals surface area (Å²) in [7, 11) is -3.81. The van der Waals surface area contributed by atoms with Crippen molar-refractivity contribution < 1.29 is 17.9 Å². The number of carbonyl (C=O) groups is 1. The van der Waals surface area contributed by atoms with E-state index in [1.165, 1.54) is 31.2 Å². The molecule has 1 unspecified atom stereocenters. The quantitative estimate of drug-likeness (QED) is 0.810. The molecule has 2 aromatic rings. The van der Waals surface area contributed by atoms with Crippen LogP contribution in [0.5, 0.6) is 0 Å². The molecule has 0 heterocycles. The van der Waals surface area contributed by atoms with Gasteiger partial charge in [-0.2, -0.15) is 4.72 Å². The number of halogens is 1.